The molecule has 0 spiro atoms. The largest absolute Gasteiger partial charge is 0.492 e. The third-order valence-corrected chi connectivity index (χ3v) is 3.82. The lowest BCUT2D eigenvalue weighted by Gasteiger charge is -2.33. The summed E-state index contributed by atoms with van der Waals surface area (Å²) in [5.74, 6) is 0.430. The van der Waals surface area contributed by atoms with Gasteiger partial charge in [-0.3, -0.25) is 4.79 Å². The summed E-state index contributed by atoms with van der Waals surface area (Å²) < 4.78 is 11.0. The number of oxime groups is 1. The summed E-state index contributed by atoms with van der Waals surface area (Å²) in [6.45, 7) is 1.49. The summed E-state index contributed by atoms with van der Waals surface area (Å²) in [6, 6.07) is 7.55. The molecular formula is C14H17N3O4. The molecule has 2 aliphatic heterocycles. The number of amidine groups is 1. The van der Waals surface area contributed by atoms with Crippen LogP contribution in [0, 0.1) is 0 Å². The van der Waals surface area contributed by atoms with Crippen molar-refractivity contribution in [1.29, 1.82) is 0 Å². The Morgan fingerprint density at radius 3 is 3.05 bits per heavy atom. The van der Waals surface area contributed by atoms with Crippen LogP contribution in [0.2, 0.25) is 0 Å². The van der Waals surface area contributed by atoms with E-state index >= 15 is 0 Å². The van der Waals surface area contributed by atoms with Crippen molar-refractivity contribution in [1.82, 2.24) is 4.90 Å². The standard InChI is InChI=1S/C14H17N3O4/c15-13(16-19)12-7-17(5-6-20-12)14(18)10-8-21-11-4-2-1-3-9(10)11/h1-4,10,12,19H,5-8H2,(H2,15,16). The van der Waals surface area contributed by atoms with Crippen molar-refractivity contribution < 1.29 is 19.5 Å². The van der Waals surface area contributed by atoms with E-state index in [1.54, 1.807) is 4.90 Å². The third-order valence-electron chi connectivity index (χ3n) is 3.82. The number of nitrogens with zero attached hydrogens (tertiary/aromatic N) is 2. The highest BCUT2D eigenvalue weighted by Gasteiger charge is 2.36. The lowest BCUT2D eigenvalue weighted by atomic mass is 9.99. The van der Waals surface area contributed by atoms with Crippen LogP contribution in [0.15, 0.2) is 29.4 Å². The molecule has 3 N–H and O–H groups in total. The zero-order valence-corrected chi connectivity index (χ0v) is 11.4. The molecule has 0 aromatic heterocycles. The van der Waals surface area contributed by atoms with Gasteiger partial charge in [-0.25, -0.2) is 0 Å². The first-order valence-corrected chi connectivity index (χ1v) is 6.80. The van der Waals surface area contributed by atoms with E-state index in [9.17, 15) is 4.79 Å². The van der Waals surface area contributed by atoms with Crippen LogP contribution >= 0.6 is 0 Å². The number of amides is 1. The fourth-order valence-electron chi connectivity index (χ4n) is 2.68. The van der Waals surface area contributed by atoms with Crippen LogP contribution in [0.5, 0.6) is 5.75 Å². The number of carbonyl (C=O) groups excluding carboxylic acids is 1. The summed E-state index contributed by atoms with van der Waals surface area (Å²) >= 11 is 0. The number of hydrogen-bond acceptors (Lipinski definition) is 5. The van der Waals surface area contributed by atoms with Gasteiger partial charge in [0.25, 0.3) is 0 Å². The van der Waals surface area contributed by atoms with Crippen LogP contribution in [-0.2, 0) is 9.53 Å². The van der Waals surface area contributed by atoms with Gasteiger partial charge in [-0.2, -0.15) is 0 Å². The zero-order chi connectivity index (χ0) is 14.8. The maximum Gasteiger partial charge on any atom is 0.233 e. The van der Waals surface area contributed by atoms with Crippen molar-refractivity contribution in [2.24, 2.45) is 10.9 Å². The van der Waals surface area contributed by atoms with Crippen molar-refractivity contribution >= 4 is 11.7 Å². The number of hydrogen-bond donors (Lipinski definition) is 2. The first-order valence-electron chi connectivity index (χ1n) is 6.80. The highest BCUT2D eigenvalue weighted by Crippen LogP contribution is 2.34. The molecule has 21 heavy (non-hydrogen) atoms. The molecule has 1 aromatic carbocycles. The maximum absolute atomic E-state index is 12.7. The van der Waals surface area contributed by atoms with Crippen molar-refractivity contribution in [2.45, 2.75) is 12.0 Å². The summed E-state index contributed by atoms with van der Waals surface area (Å²) in [7, 11) is 0. The van der Waals surface area contributed by atoms with Crippen LogP contribution in [0.25, 0.3) is 0 Å². The molecule has 112 valence electrons. The summed E-state index contributed by atoms with van der Waals surface area (Å²) in [5, 5.41) is 11.7. The fourth-order valence-corrected chi connectivity index (χ4v) is 2.68. The molecule has 0 radical (unpaired) electrons. The van der Waals surface area contributed by atoms with Gasteiger partial charge in [0.05, 0.1) is 13.2 Å². The molecule has 2 aliphatic rings. The van der Waals surface area contributed by atoms with Gasteiger partial charge >= 0.3 is 0 Å². The Kier molecular flexibility index (Phi) is 3.66. The molecule has 3 rings (SSSR count). The number of carbonyl (C=O) groups is 1. The second kappa shape index (κ2) is 5.61. The second-order valence-corrected chi connectivity index (χ2v) is 5.07. The average molecular weight is 291 g/mol. The number of rotatable bonds is 2. The van der Waals surface area contributed by atoms with Gasteiger partial charge in [-0.05, 0) is 6.07 Å². The SMILES string of the molecule is NC(=NO)C1CN(C(=O)C2COc3ccccc32)CCO1. The Morgan fingerprint density at radius 1 is 1.43 bits per heavy atom. The smallest absolute Gasteiger partial charge is 0.233 e. The average Bonchev–Trinajstić information content (AvgIpc) is 2.97. The first-order chi connectivity index (χ1) is 10.2. The van der Waals surface area contributed by atoms with Gasteiger partial charge in [0.15, 0.2) is 5.84 Å². The minimum atomic E-state index is -0.565. The Balaban J connectivity index is 1.74. The minimum absolute atomic E-state index is 0.0148. The molecule has 0 saturated carbocycles. The predicted octanol–water partition coefficient (Wildman–Crippen LogP) is 0.136. The molecular weight excluding hydrogens is 274 g/mol. The fraction of sp³-hybridized carbons (Fsp3) is 0.429. The lowest BCUT2D eigenvalue weighted by Crippen LogP contribution is -2.51. The summed E-state index contributed by atoms with van der Waals surface area (Å²) in [6.07, 6.45) is -0.565. The van der Waals surface area contributed by atoms with Crippen LogP contribution < -0.4 is 10.5 Å². The molecule has 0 aliphatic carbocycles. The third kappa shape index (κ3) is 2.52. The monoisotopic (exact) mass is 291 g/mol. The van der Waals surface area contributed by atoms with E-state index < -0.39 is 6.10 Å². The van der Waals surface area contributed by atoms with E-state index in [-0.39, 0.29) is 24.2 Å². The Hall–Kier alpha value is -2.28. The number of para-hydroxylation sites is 1. The number of fused-ring (bicyclic) bond motifs is 1. The molecule has 7 nitrogen and oxygen atoms in total. The van der Waals surface area contributed by atoms with Gasteiger partial charge < -0.3 is 25.3 Å². The predicted molar refractivity (Wildman–Crippen MR) is 74.4 cm³/mol. The van der Waals surface area contributed by atoms with E-state index in [2.05, 4.69) is 5.16 Å². The summed E-state index contributed by atoms with van der Waals surface area (Å²) in [4.78, 5) is 14.3. The Morgan fingerprint density at radius 2 is 2.24 bits per heavy atom. The molecule has 2 atom stereocenters. The molecule has 1 aromatic rings. The lowest BCUT2D eigenvalue weighted by molar-refractivity contribution is -0.138. The molecule has 1 amide bonds. The van der Waals surface area contributed by atoms with E-state index in [0.717, 1.165) is 11.3 Å². The van der Waals surface area contributed by atoms with Gasteiger partial charge in [0.2, 0.25) is 5.91 Å². The van der Waals surface area contributed by atoms with Crippen LogP contribution in [0.1, 0.15) is 11.5 Å². The topological polar surface area (TPSA) is 97.4 Å². The molecule has 0 bridgehead atoms. The molecule has 7 heteroatoms. The Labute approximate surface area is 121 Å². The van der Waals surface area contributed by atoms with Crippen LogP contribution in [0.4, 0.5) is 0 Å². The highest BCUT2D eigenvalue weighted by molar-refractivity contribution is 5.88. The van der Waals surface area contributed by atoms with E-state index in [0.29, 0.717) is 19.8 Å². The van der Waals surface area contributed by atoms with E-state index in [1.165, 1.54) is 0 Å². The quantitative estimate of drug-likeness (QED) is 0.349. The van der Waals surface area contributed by atoms with Gasteiger partial charge in [-0.15, -0.1) is 0 Å². The van der Waals surface area contributed by atoms with Crippen molar-refractivity contribution in [3.8, 4) is 5.75 Å². The Bertz CT molecular complexity index is 575. The molecule has 2 heterocycles. The number of nitrogens with two attached hydrogens (primary N) is 1. The molecule has 1 saturated heterocycles. The number of morpholine rings is 1. The molecule has 2 unspecified atom stereocenters. The van der Waals surface area contributed by atoms with Gasteiger partial charge in [-0.1, -0.05) is 23.4 Å². The number of ether oxygens (including phenoxy) is 2. The second-order valence-electron chi connectivity index (χ2n) is 5.07. The molecule has 1 fully saturated rings. The van der Waals surface area contributed by atoms with Crippen LogP contribution in [0.3, 0.4) is 0 Å². The maximum atomic E-state index is 12.7. The summed E-state index contributed by atoms with van der Waals surface area (Å²) in [5.41, 5.74) is 6.46. The van der Waals surface area contributed by atoms with Crippen LogP contribution in [-0.4, -0.2) is 54.3 Å². The highest BCUT2D eigenvalue weighted by atomic mass is 16.5. The van der Waals surface area contributed by atoms with Gasteiger partial charge in [0.1, 0.15) is 24.4 Å². The zero-order valence-electron chi connectivity index (χ0n) is 11.4. The number of benzene rings is 1. The van der Waals surface area contributed by atoms with Crippen molar-refractivity contribution in [3.05, 3.63) is 29.8 Å². The van der Waals surface area contributed by atoms with Crippen molar-refractivity contribution in [2.75, 3.05) is 26.3 Å². The van der Waals surface area contributed by atoms with E-state index in [1.807, 2.05) is 24.3 Å². The van der Waals surface area contributed by atoms with Crippen molar-refractivity contribution in [3.63, 3.8) is 0 Å². The van der Waals surface area contributed by atoms with E-state index in [4.69, 9.17) is 20.4 Å². The normalized spacial score (nSPS) is 25.3. The van der Waals surface area contributed by atoms with Gasteiger partial charge in [0, 0.05) is 12.1 Å². The minimum Gasteiger partial charge on any atom is -0.492 e. The first kappa shape index (κ1) is 13.7.